The van der Waals surface area contributed by atoms with Crippen molar-refractivity contribution in [1.82, 2.24) is 15.1 Å². The largest absolute Gasteiger partial charge is 0.490 e. The van der Waals surface area contributed by atoms with Crippen LogP contribution < -0.4 is 5.32 Å². The van der Waals surface area contributed by atoms with Crippen molar-refractivity contribution >= 4 is 17.9 Å². The smallest absolute Gasteiger partial charge is 0.475 e. The highest BCUT2D eigenvalue weighted by Gasteiger charge is 2.38. The maximum Gasteiger partial charge on any atom is 0.490 e. The van der Waals surface area contributed by atoms with E-state index in [9.17, 15) is 22.8 Å². The Morgan fingerprint density at radius 1 is 1.33 bits per heavy atom. The van der Waals surface area contributed by atoms with Gasteiger partial charge in [0.25, 0.3) is 0 Å². The lowest BCUT2D eigenvalue weighted by Gasteiger charge is -2.29. The maximum atomic E-state index is 11.6. The van der Waals surface area contributed by atoms with E-state index in [0.29, 0.717) is 24.9 Å². The van der Waals surface area contributed by atoms with Crippen molar-refractivity contribution in [2.75, 3.05) is 26.2 Å². The van der Waals surface area contributed by atoms with Gasteiger partial charge in [-0.15, -0.1) is 0 Å². The normalized spacial score (nSPS) is 22.2. The van der Waals surface area contributed by atoms with Crippen LogP contribution in [-0.4, -0.2) is 71.2 Å². The second-order valence-corrected chi connectivity index (χ2v) is 6.10. The summed E-state index contributed by atoms with van der Waals surface area (Å²) in [5, 5.41) is 9.50. The van der Waals surface area contributed by atoms with Gasteiger partial charge < -0.3 is 14.9 Å². The molecule has 2 aliphatic rings. The Bertz CT molecular complexity index is 482. The molecule has 2 saturated heterocycles. The number of alkyl halides is 3. The summed E-state index contributed by atoms with van der Waals surface area (Å²) in [6.07, 6.45) is -3.50. The summed E-state index contributed by atoms with van der Waals surface area (Å²) in [5.74, 6) is -2.36. The highest BCUT2D eigenvalue weighted by atomic mass is 19.4. The molecular weight excluding hydrogens is 331 g/mol. The summed E-state index contributed by atoms with van der Waals surface area (Å²) in [6.45, 7) is 7.95. The van der Waals surface area contributed by atoms with Gasteiger partial charge >= 0.3 is 18.2 Å². The molecule has 24 heavy (non-hydrogen) atoms. The van der Waals surface area contributed by atoms with E-state index in [1.807, 2.05) is 0 Å². The molecule has 3 amide bonds. The third kappa shape index (κ3) is 6.34. The lowest BCUT2D eigenvalue weighted by molar-refractivity contribution is -0.192. The minimum Gasteiger partial charge on any atom is -0.475 e. The number of nitrogens with one attached hydrogen (secondary N) is 1. The molecule has 2 N–H and O–H groups in total. The molecule has 0 aromatic rings. The van der Waals surface area contributed by atoms with Gasteiger partial charge in [0, 0.05) is 32.1 Å². The van der Waals surface area contributed by atoms with Crippen LogP contribution in [0.2, 0.25) is 0 Å². The van der Waals surface area contributed by atoms with E-state index in [4.69, 9.17) is 9.90 Å². The molecule has 0 aromatic heterocycles. The summed E-state index contributed by atoms with van der Waals surface area (Å²) in [4.78, 5) is 35.7. The zero-order chi connectivity index (χ0) is 18.5. The lowest BCUT2D eigenvalue weighted by Crippen LogP contribution is -2.51. The van der Waals surface area contributed by atoms with Crippen LogP contribution in [0.1, 0.15) is 26.7 Å². The molecular formula is C14H22F3N3O4. The van der Waals surface area contributed by atoms with Crippen LogP contribution in [0, 0.1) is 5.92 Å². The van der Waals surface area contributed by atoms with Crippen LogP contribution in [0.25, 0.3) is 0 Å². The zero-order valence-corrected chi connectivity index (χ0v) is 13.6. The Morgan fingerprint density at radius 3 is 2.33 bits per heavy atom. The number of carbonyl (C=O) groups excluding carboxylic acids is 2. The van der Waals surface area contributed by atoms with Gasteiger partial charge in [-0.05, 0) is 32.7 Å². The average Bonchev–Trinajstić information content (AvgIpc) is 2.90. The fourth-order valence-corrected chi connectivity index (χ4v) is 2.57. The van der Waals surface area contributed by atoms with Crippen molar-refractivity contribution in [3.05, 3.63) is 0 Å². The van der Waals surface area contributed by atoms with Crippen molar-refractivity contribution in [2.24, 2.45) is 5.92 Å². The van der Waals surface area contributed by atoms with Crippen LogP contribution in [-0.2, 0) is 9.59 Å². The van der Waals surface area contributed by atoms with Gasteiger partial charge in [-0.2, -0.15) is 13.2 Å². The summed E-state index contributed by atoms with van der Waals surface area (Å²) in [6, 6.07) is 0.362. The van der Waals surface area contributed by atoms with Gasteiger partial charge in [0.2, 0.25) is 5.91 Å². The third-order valence-electron chi connectivity index (χ3n) is 3.91. The van der Waals surface area contributed by atoms with Gasteiger partial charge in [0.15, 0.2) is 0 Å². The van der Waals surface area contributed by atoms with Crippen LogP contribution in [0.15, 0.2) is 0 Å². The minimum atomic E-state index is -5.08. The monoisotopic (exact) mass is 353 g/mol. The first-order valence-electron chi connectivity index (χ1n) is 7.63. The highest BCUT2D eigenvalue weighted by molar-refractivity contribution is 5.96. The summed E-state index contributed by atoms with van der Waals surface area (Å²) >= 11 is 0. The van der Waals surface area contributed by atoms with E-state index in [1.165, 1.54) is 0 Å². The van der Waals surface area contributed by atoms with Crippen LogP contribution >= 0.6 is 0 Å². The quantitative estimate of drug-likeness (QED) is 0.798. The number of halogens is 3. The summed E-state index contributed by atoms with van der Waals surface area (Å²) in [5.41, 5.74) is 0. The predicted octanol–water partition coefficient (Wildman–Crippen LogP) is 1.29. The maximum absolute atomic E-state index is 11.6. The first-order valence-corrected chi connectivity index (χ1v) is 7.63. The molecule has 2 rings (SSSR count). The number of carboxylic acids is 1. The van der Waals surface area contributed by atoms with Crippen molar-refractivity contribution in [2.45, 2.75) is 38.9 Å². The predicted molar refractivity (Wildman–Crippen MR) is 78.2 cm³/mol. The molecule has 138 valence electrons. The summed E-state index contributed by atoms with van der Waals surface area (Å²) < 4.78 is 31.7. The average molecular weight is 353 g/mol. The fraction of sp³-hybridized carbons (Fsp3) is 0.786. The molecule has 10 heteroatoms. The Hall–Kier alpha value is -1.84. The number of amides is 3. The number of imide groups is 1. The van der Waals surface area contributed by atoms with Gasteiger partial charge in [-0.3, -0.25) is 10.1 Å². The first-order chi connectivity index (χ1) is 11.0. The first kappa shape index (κ1) is 20.2. The fourth-order valence-electron chi connectivity index (χ4n) is 2.57. The van der Waals surface area contributed by atoms with E-state index in [1.54, 1.807) is 4.90 Å². The number of aliphatic carboxylic acids is 1. The molecule has 0 spiro atoms. The topological polar surface area (TPSA) is 90.0 Å². The molecule has 7 nitrogen and oxygen atoms in total. The molecule has 1 atom stereocenters. The Balaban J connectivity index is 0.000000351. The van der Waals surface area contributed by atoms with Crippen molar-refractivity contribution in [3.8, 4) is 0 Å². The molecule has 0 aliphatic carbocycles. The number of urea groups is 1. The van der Waals surface area contributed by atoms with Crippen molar-refractivity contribution in [1.29, 1.82) is 0 Å². The van der Waals surface area contributed by atoms with E-state index >= 15 is 0 Å². The lowest BCUT2D eigenvalue weighted by atomic mass is 10.1. The summed E-state index contributed by atoms with van der Waals surface area (Å²) in [7, 11) is 0. The third-order valence-corrected chi connectivity index (χ3v) is 3.91. The Morgan fingerprint density at radius 2 is 1.92 bits per heavy atom. The zero-order valence-electron chi connectivity index (χ0n) is 13.6. The second-order valence-electron chi connectivity index (χ2n) is 6.10. The van der Waals surface area contributed by atoms with Crippen LogP contribution in [0.4, 0.5) is 18.0 Å². The molecule has 2 fully saturated rings. The van der Waals surface area contributed by atoms with Crippen molar-refractivity contribution < 1.29 is 32.7 Å². The molecule has 2 aliphatic heterocycles. The number of rotatable bonds is 3. The molecule has 0 aromatic carbocycles. The molecule has 0 saturated carbocycles. The van der Waals surface area contributed by atoms with Crippen LogP contribution in [0.3, 0.4) is 0 Å². The standard InChI is InChI=1S/C12H21N3O2.C2HF3O2/c1-9(2)14-5-3-10(7-14)8-15-6-4-11(16)13-12(15)17;3-2(4,5)1(6)7/h9-10H,3-8H2,1-2H3,(H,13,16,17);(H,6,7). The highest BCUT2D eigenvalue weighted by Crippen LogP contribution is 2.20. The van der Waals surface area contributed by atoms with Gasteiger partial charge in [-0.1, -0.05) is 0 Å². The number of carbonyl (C=O) groups is 3. The second kappa shape index (κ2) is 8.32. The minimum absolute atomic E-state index is 0.151. The Labute approximate surface area is 137 Å². The van der Waals surface area contributed by atoms with Gasteiger partial charge in [-0.25, -0.2) is 9.59 Å². The van der Waals surface area contributed by atoms with E-state index in [-0.39, 0.29) is 11.9 Å². The SMILES string of the molecule is CC(C)N1CCC(CN2CCC(=O)NC2=O)C1.O=C(O)C(F)(F)F. The number of carboxylic acid groups (broad SMARTS) is 1. The van der Waals surface area contributed by atoms with Gasteiger partial charge in [0.05, 0.1) is 0 Å². The molecule has 0 radical (unpaired) electrons. The van der Waals surface area contributed by atoms with E-state index in [2.05, 4.69) is 24.1 Å². The number of nitrogens with zero attached hydrogens (tertiary/aromatic N) is 2. The molecule has 0 bridgehead atoms. The Kier molecular flexibility index (Phi) is 7.00. The number of hydrogen-bond acceptors (Lipinski definition) is 4. The van der Waals surface area contributed by atoms with Crippen molar-refractivity contribution in [3.63, 3.8) is 0 Å². The molecule has 2 heterocycles. The number of likely N-dealkylation sites (tertiary alicyclic amines) is 1. The van der Waals surface area contributed by atoms with Gasteiger partial charge in [0.1, 0.15) is 0 Å². The van der Waals surface area contributed by atoms with Crippen LogP contribution in [0.5, 0.6) is 0 Å². The van der Waals surface area contributed by atoms with E-state index < -0.39 is 12.1 Å². The van der Waals surface area contributed by atoms with E-state index in [0.717, 1.165) is 26.1 Å². The molecule has 1 unspecified atom stereocenters. The number of hydrogen-bond donors (Lipinski definition) is 2.